The summed E-state index contributed by atoms with van der Waals surface area (Å²) in [5.41, 5.74) is 5.61. The van der Waals surface area contributed by atoms with Gasteiger partial charge in [-0.3, -0.25) is 4.90 Å². The fourth-order valence-electron chi connectivity index (χ4n) is 2.20. The van der Waals surface area contributed by atoms with E-state index in [1.807, 2.05) is 0 Å². The molecule has 17 heavy (non-hydrogen) atoms. The van der Waals surface area contributed by atoms with Crippen molar-refractivity contribution in [2.75, 3.05) is 20.1 Å². The minimum absolute atomic E-state index is 0.282. The van der Waals surface area contributed by atoms with Crippen LogP contribution in [0.2, 0.25) is 0 Å². The molecular formula is C12H19BrN2OS. The maximum atomic E-state index is 5.85. The van der Waals surface area contributed by atoms with E-state index in [0.717, 1.165) is 25.9 Å². The lowest BCUT2D eigenvalue weighted by Crippen LogP contribution is -2.30. The first-order valence-corrected chi connectivity index (χ1v) is 7.61. The number of hydrogen-bond donors (Lipinski definition) is 1. The number of halogens is 1. The van der Waals surface area contributed by atoms with Crippen molar-refractivity contribution >= 4 is 27.3 Å². The van der Waals surface area contributed by atoms with E-state index < -0.39 is 0 Å². The predicted octanol–water partition coefficient (Wildman–Crippen LogP) is 2.45. The number of ether oxygens (including phenoxy) is 1. The molecule has 2 N–H and O–H groups in total. The second kappa shape index (κ2) is 6.29. The van der Waals surface area contributed by atoms with Crippen LogP contribution in [0.1, 0.15) is 17.7 Å². The maximum Gasteiger partial charge on any atom is 0.0707 e. The van der Waals surface area contributed by atoms with Crippen LogP contribution in [0, 0.1) is 0 Å². The molecule has 5 heteroatoms. The van der Waals surface area contributed by atoms with Crippen molar-refractivity contribution in [3.63, 3.8) is 0 Å². The first-order valence-electron chi connectivity index (χ1n) is 5.94. The first-order chi connectivity index (χ1) is 8.17. The van der Waals surface area contributed by atoms with Gasteiger partial charge in [0.05, 0.1) is 12.2 Å². The smallest absolute Gasteiger partial charge is 0.0707 e. The first kappa shape index (κ1) is 13.5. The van der Waals surface area contributed by atoms with Crippen LogP contribution in [0.15, 0.2) is 15.9 Å². The molecule has 1 aliphatic rings. The summed E-state index contributed by atoms with van der Waals surface area (Å²) in [7, 11) is 2.15. The third-order valence-corrected chi connectivity index (χ3v) is 4.70. The summed E-state index contributed by atoms with van der Waals surface area (Å²) in [5, 5.41) is 2.12. The molecule has 96 valence electrons. The molecule has 1 aromatic heterocycles. The van der Waals surface area contributed by atoms with Crippen LogP contribution in [0.3, 0.4) is 0 Å². The van der Waals surface area contributed by atoms with Gasteiger partial charge in [0.25, 0.3) is 0 Å². The Hall–Kier alpha value is 0.0600. The summed E-state index contributed by atoms with van der Waals surface area (Å²) in [6.07, 6.45) is 2.89. The third kappa shape index (κ3) is 4.03. The van der Waals surface area contributed by atoms with Gasteiger partial charge in [-0.15, -0.1) is 11.3 Å². The van der Waals surface area contributed by atoms with Gasteiger partial charge in [-0.2, -0.15) is 0 Å². The van der Waals surface area contributed by atoms with Crippen molar-refractivity contribution < 1.29 is 4.74 Å². The lowest BCUT2D eigenvalue weighted by Gasteiger charge is -2.20. The van der Waals surface area contributed by atoms with Crippen molar-refractivity contribution in [2.45, 2.75) is 31.6 Å². The van der Waals surface area contributed by atoms with E-state index >= 15 is 0 Å². The van der Waals surface area contributed by atoms with Gasteiger partial charge in [-0.1, -0.05) is 0 Å². The van der Waals surface area contributed by atoms with Crippen LogP contribution in [-0.2, 0) is 11.3 Å². The normalized spacial score (nSPS) is 24.7. The Morgan fingerprint density at radius 1 is 1.53 bits per heavy atom. The molecule has 2 unspecified atom stereocenters. The van der Waals surface area contributed by atoms with Gasteiger partial charge in [-0.05, 0) is 41.9 Å². The molecule has 0 spiro atoms. The summed E-state index contributed by atoms with van der Waals surface area (Å²) < 4.78 is 7.02. The average molecular weight is 319 g/mol. The van der Waals surface area contributed by atoms with Gasteiger partial charge in [0.15, 0.2) is 0 Å². The second-order valence-corrected chi connectivity index (χ2v) is 6.53. The molecule has 2 heterocycles. The van der Waals surface area contributed by atoms with Gasteiger partial charge in [0.1, 0.15) is 0 Å². The minimum atomic E-state index is 0.282. The molecular weight excluding hydrogens is 300 g/mol. The lowest BCUT2D eigenvalue weighted by molar-refractivity contribution is 0.0308. The zero-order chi connectivity index (χ0) is 12.3. The van der Waals surface area contributed by atoms with Gasteiger partial charge >= 0.3 is 0 Å². The van der Waals surface area contributed by atoms with E-state index in [4.69, 9.17) is 10.5 Å². The molecule has 3 nitrogen and oxygen atoms in total. The highest BCUT2D eigenvalue weighted by atomic mass is 79.9. The highest BCUT2D eigenvalue weighted by molar-refractivity contribution is 9.10. The molecule has 1 aliphatic heterocycles. The van der Waals surface area contributed by atoms with Crippen molar-refractivity contribution in [3.05, 3.63) is 20.8 Å². The van der Waals surface area contributed by atoms with Crippen molar-refractivity contribution in [3.8, 4) is 0 Å². The summed E-state index contributed by atoms with van der Waals surface area (Å²) in [5.74, 6) is 0. The van der Waals surface area contributed by atoms with Gasteiger partial charge in [0, 0.05) is 34.4 Å². The Labute approximate surface area is 115 Å². The highest BCUT2D eigenvalue weighted by Crippen LogP contribution is 2.23. The Balaban J connectivity index is 1.76. The lowest BCUT2D eigenvalue weighted by atomic mass is 10.2. The van der Waals surface area contributed by atoms with E-state index in [0.29, 0.717) is 12.6 Å². The average Bonchev–Trinajstić information content (AvgIpc) is 2.88. The Morgan fingerprint density at radius 2 is 2.29 bits per heavy atom. The van der Waals surface area contributed by atoms with E-state index in [9.17, 15) is 0 Å². The number of likely N-dealkylation sites (N-methyl/N-ethyl adjacent to an activating group) is 1. The highest BCUT2D eigenvalue weighted by Gasteiger charge is 2.24. The monoisotopic (exact) mass is 318 g/mol. The molecule has 0 bridgehead atoms. The van der Waals surface area contributed by atoms with E-state index in [2.05, 4.69) is 39.3 Å². The molecule has 0 amide bonds. The minimum Gasteiger partial charge on any atom is -0.372 e. The van der Waals surface area contributed by atoms with Crippen molar-refractivity contribution in [2.24, 2.45) is 5.73 Å². The quantitative estimate of drug-likeness (QED) is 0.906. The van der Waals surface area contributed by atoms with E-state index in [-0.39, 0.29) is 6.10 Å². The van der Waals surface area contributed by atoms with Crippen LogP contribution in [0.4, 0.5) is 0 Å². The standard InChI is InChI=1S/C12H19BrN2OS/c1-15(7-12-4-9(13)8-17-12)6-11-3-2-10(5-14)16-11/h4,8,10-11H,2-3,5-7,14H2,1H3. The summed E-state index contributed by atoms with van der Waals surface area (Å²) in [6, 6.07) is 2.18. The molecule has 1 fully saturated rings. The van der Waals surface area contributed by atoms with Crippen molar-refractivity contribution in [1.82, 2.24) is 4.90 Å². The zero-order valence-electron chi connectivity index (χ0n) is 10.1. The molecule has 2 rings (SSSR count). The van der Waals surface area contributed by atoms with Gasteiger partial charge in [0.2, 0.25) is 0 Å². The van der Waals surface area contributed by atoms with Crippen LogP contribution in [0.25, 0.3) is 0 Å². The van der Waals surface area contributed by atoms with E-state index in [1.54, 1.807) is 11.3 Å². The van der Waals surface area contributed by atoms with Crippen LogP contribution in [-0.4, -0.2) is 37.2 Å². The Bertz CT molecular complexity index is 358. The van der Waals surface area contributed by atoms with Gasteiger partial charge in [-0.25, -0.2) is 0 Å². The van der Waals surface area contributed by atoms with Gasteiger partial charge < -0.3 is 10.5 Å². The molecule has 0 aliphatic carbocycles. The number of hydrogen-bond acceptors (Lipinski definition) is 4. The summed E-state index contributed by atoms with van der Waals surface area (Å²) >= 11 is 5.27. The molecule has 1 saturated heterocycles. The molecule has 0 saturated carbocycles. The fourth-order valence-corrected chi connectivity index (χ4v) is 3.73. The number of nitrogens with two attached hydrogens (primary N) is 1. The molecule has 0 aromatic carbocycles. The summed E-state index contributed by atoms with van der Waals surface area (Å²) in [4.78, 5) is 3.70. The summed E-state index contributed by atoms with van der Waals surface area (Å²) in [6.45, 7) is 2.63. The number of thiophene rings is 1. The zero-order valence-corrected chi connectivity index (χ0v) is 12.5. The van der Waals surface area contributed by atoms with Crippen molar-refractivity contribution in [1.29, 1.82) is 0 Å². The Morgan fingerprint density at radius 3 is 2.88 bits per heavy atom. The van der Waals surface area contributed by atoms with Crippen LogP contribution >= 0.6 is 27.3 Å². The number of rotatable bonds is 5. The maximum absolute atomic E-state index is 5.85. The SMILES string of the molecule is CN(Cc1cc(Br)cs1)CC1CCC(CN)O1. The van der Waals surface area contributed by atoms with Crippen LogP contribution < -0.4 is 5.73 Å². The third-order valence-electron chi connectivity index (χ3n) is 3.02. The molecule has 1 aromatic rings. The molecule has 0 radical (unpaired) electrons. The second-order valence-electron chi connectivity index (χ2n) is 4.62. The predicted molar refractivity (Wildman–Crippen MR) is 75.3 cm³/mol. The van der Waals surface area contributed by atoms with Crippen LogP contribution in [0.5, 0.6) is 0 Å². The topological polar surface area (TPSA) is 38.5 Å². The number of nitrogens with zero attached hydrogens (tertiary/aromatic N) is 1. The largest absolute Gasteiger partial charge is 0.372 e. The molecule has 2 atom stereocenters. The fraction of sp³-hybridized carbons (Fsp3) is 0.667. The Kier molecular flexibility index (Phi) is 4.99. The van der Waals surface area contributed by atoms with E-state index in [1.165, 1.54) is 9.35 Å².